The minimum Gasteiger partial charge on any atom is -0.319 e. The number of carbonyl (C=O) groups is 1. The van der Waals surface area contributed by atoms with Crippen LogP contribution >= 0.6 is 23.2 Å². The van der Waals surface area contributed by atoms with Gasteiger partial charge in [-0.2, -0.15) is 0 Å². The van der Waals surface area contributed by atoms with Gasteiger partial charge in [0.15, 0.2) is 0 Å². The first-order valence-electron chi connectivity index (χ1n) is 6.33. The molecule has 1 amide bonds. The van der Waals surface area contributed by atoms with Crippen molar-refractivity contribution < 1.29 is 9.18 Å². The van der Waals surface area contributed by atoms with E-state index >= 15 is 0 Å². The monoisotopic (exact) mass is 324 g/mol. The number of nitrogens with one attached hydrogen (secondary N) is 2. The van der Waals surface area contributed by atoms with E-state index < -0.39 is 5.82 Å². The summed E-state index contributed by atoms with van der Waals surface area (Å²) in [6.45, 7) is 1.56. The van der Waals surface area contributed by atoms with Crippen molar-refractivity contribution in [1.29, 1.82) is 0 Å². The van der Waals surface area contributed by atoms with Crippen LogP contribution < -0.4 is 10.6 Å². The van der Waals surface area contributed by atoms with Crippen molar-refractivity contribution in [3.8, 4) is 0 Å². The van der Waals surface area contributed by atoms with E-state index in [4.69, 9.17) is 23.2 Å². The molecule has 108 valence electrons. The highest BCUT2D eigenvalue weighted by molar-refractivity contribution is 6.40. The average Bonchev–Trinajstić information content (AvgIpc) is 2.89. The third kappa shape index (κ3) is 2.88. The lowest BCUT2D eigenvalue weighted by molar-refractivity contribution is 0.102. The molecule has 0 radical (unpaired) electrons. The summed E-state index contributed by atoms with van der Waals surface area (Å²) in [5.41, 5.74) is 3.00. The summed E-state index contributed by atoms with van der Waals surface area (Å²) in [5, 5.41) is 5.97. The van der Waals surface area contributed by atoms with Crippen LogP contribution in [0.4, 0.5) is 10.1 Å². The molecular weight excluding hydrogens is 314 g/mol. The van der Waals surface area contributed by atoms with Gasteiger partial charge in [-0.15, -0.1) is 0 Å². The molecule has 0 aromatic heterocycles. The van der Waals surface area contributed by atoms with Crippen molar-refractivity contribution in [2.45, 2.75) is 13.1 Å². The summed E-state index contributed by atoms with van der Waals surface area (Å²) in [7, 11) is 0. The van der Waals surface area contributed by atoms with E-state index in [2.05, 4.69) is 10.6 Å². The fourth-order valence-electron chi connectivity index (χ4n) is 2.28. The maximum absolute atomic E-state index is 13.1. The zero-order chi connectivity index (χ0) is 15.0. The van der Waals surface area contributed by atoms with Crippen molar-refractivity contribution in [2.24, 2.45) is 0 Å². The van der Waals surface area contributed by atoms with Crippen LogP contribution in [-0.2, 0) is 13.1 Å². The lowest BCUT2D eigenvalue weighted by Gasteiger charge is -2.10. The van der Waals surface area contributed by atoms with Crippen LogP contribution in [-0.4, -0.2) is 5.91 Å². The van der Waals surface area contributed by atoms with E-state index in [-0.39, 0.29) is 21.6 Å². The second-order valence-corrected chi connectivity index (χ2v) is 5.60. The van der Waals surface area contributed by atoms with Crippen LogP contribution in [0, 0.1) is 5.82 Å². The minimum absolute atomic E-state index is 0.0659. The molecule has 21 heavy (non-hydrogen) atoms. The zero-order valence-electron chi connectivity index (χ0n) is 10.8. The first-order chi connectivity index (χ1) is 10.0. The number of benzene rings is 2. The Morgan fingerprint density at radius 3 is 2.48 bits per heavy atom. The molecule has 0 aliphatic carbocycles. The smallest absolute Gasteiger partial charge is 0.255 e. The molecule has 1 aliphatic heterocycles. The molecule has 0 saturated heterocycles. The van der Waals surface area contributed by atoms with E-state index in [9.17, 15) is 9.18 Å². The van der Waals surface area contributed by atoms with Crippen molar-refractivity contribution in [1.82, 2.24) is 5.32 Å². The molecule has 0 saturated carbocycles. The Morgan fingerprint density at radius 1 is 1.10 bits per heavy atom. The van der Waals surface area contributed by atoms with Crippen LogP contribution in [0.5, 0.6) is 0 Å². The van der Waals surface area contributed by atoms with E-state index in [1.807, 2.05) is 12.1 Å². The quantitative estimate of drug-likeness (QED) is 0.877. The molecular formula is C15H11Cl2FN2O. The summed E-state index contributed by atoms with van der Waals surface area (Å²) in [5.74, 6) is -0.883. The number of rotatable bonds is 2. The summed E-state index contributed by atoms with van der Waals surface area (Å²) < 4.78 is 13.1. The van der Waals surface area contributed by atoms with Crippen LogP contribution in [0.1, 0.15) is 21.5 Å². The number of anilines is 1. The standard InChI is InChI=1S/C15H11Cl2FN2O/c16-12-4-11(18)5-13(17)14(12)20-15(21)8-1-2-9-6-19-7-10(9)3-8/h1-5,19H,6-7H2,(H,20,21). The lowest BCUT2D eigenvalue weighted by atomic mass is 10.1. The SMILES string of the molecule is O=C(Nc1c(Cl)cc(F)cc1Cl)c1ccc2c(c1)CNC2. The van der Waals surface area contributed by atoms with Crippen molar-refractivity contribution in [2.75, 3.05) is 5.32 Å². The molecule has 2 N–H and O–H groups in total. The van der Waals surface area contributed by atoms with Gasteiger partial charge >= 0.3 is 0 Å². The lowest BCUT2D eigenvalue weighted by Crippen LogP contribution is -2.13. The molecule has 6 heteroatoms. The minimum atomic E-state index is -0.549. The van der Waals surface area contributed by atoms with Gasteiger partial charge in [0.2, 0.25) is 0 Å². The van der Waals surface area contributed by atoms with Gasteiger partial charge in [0.25, 0.3) is 5.91 Å². The number of hydrogen-bond acceptors (Lipinski definition) is 2. The van der Waals surface area contributed by atoms with Crippen molar-refractivity contribution in [3.05, 3.63) is 62.9 Å². The second kappa shape index (κ2) is 5.64. The number of amides is 1. The van der Waals surface area contributed by atoms with Gasteiger partial charge in [-0.05, 0) is 35.4 Å². The fraction of sp³-hybridized carbons (Fsp3) is 0.133. The molecule has 2 aromatic rings. The molecule has 0 fully saturated rings. The number of halogens is 3. The normalized spacial score (nSPS) is 13.1. The fourth-order valence-corrected chi connectivity index (χ4v) is 2.84. The Bertz CT molecular complexity index is 711. The molecule has 1 heterocycles. The maximum Gasteiger partial charge on any atom is 0.255 e. The second-order valence-electron chi connectivity index (χ2n) is 4.79. The van der Waals surface area contributed by atoms with Crippen LogP contribution in [0.25, 0.3) is 0 Å². The molecule has 0 unspecified atom stereocenters. The highest BCUT2D eigenvalue weighted by atomic mass is 35.5. The van der Waals surface area contributed by atoms with Crippen LogP contribution in [0.3, 0.4) is 0 Å². The van der Waals surface area contributed by atoms with Gasteiger partial charge in [-0.1, -0.05) is 29.3 Å². The van der Waals surface area contributed by atoms with Crippen molar-refractivity contribution >= 4 is 34.8 Å². The third-order valence-corrected chi connectivity index (χ3v) is 3.94. The third-order valence-electron chi connectivity index (χ3n) is 3.34. The molecule has 0 bridgehead atoms. The van der Waals surface area contributed by atoms with E-state index in [0.717, 1.165) is 30.8 Å². The highest BCUT2D eigenvalue weighted by Crippen LogP contribution is 2.31. The number of carbonyl (C=O) groups excluding carboxylic acids is 1. The molecule has 1 aliphatic rings. The van der Waals surface area contributed by atoms with Crippen LogP contribution in [0.15, 0.2) is 30.3 Å². The van der Waals surface area contributed by atoms with Gasteiger partial charge in [0.05, 0.1) is 15.7 Å². The first-order valence-corrected chi connectivity index (χ1v) is 7.08. The number of fused-ring (bicyclic) bond motifs is 1. The molecule has 0 spiro atoms. The Kier molecular flexibility index (Phi) is 3.85. The summed E-state index contributed by atoms with van der Waals surface area (Å²) >= 11 is 11.8. The van der Waals surface area contributed by atoms with E-state index in [1.54, 1.807) is 6.07 Å². The first kappa shape index (κ1) is 14.3. The van der Waals surface area contributed by atoms with Gasteiger partial charge in [-0.25, -0.2) is 4.39 Å². The Morgan fingerprint density at radius 2 is 1.76 bits per heavy atom. The number of hydrogen-bond donors (Lipinski definition) is 2. The van der Waals surface area contributed by atoms with E-state index in [0.29, 0.717) is 5.56 Å². The van der Waals surface area contributed by atoms with E-state index in [1.165, 1.54) is 5.56 Å². The van der Waals surface area contributed by atoms with Crippen LogP contribution in [0.2, 0.25) is 10.0 Å². The predicted molar refractivity (Wildman–Crippen MR) is 81.4 cm³/mol. The van der Waals surface area contributed by atoms with Gasteiger partial charge in [0, 0.05) is 18.7 Å². The summed E-state index contributed by atoms with van der Waals surface area (Å²) in [6, 6.07) is 7.70. The Hall–Kier alpha value is -1.62. The van der Waals surface area contributed by atoms with Gasteiger partial charge in [0.1, 0.15) is 5.82 Å². The van der Waals surface area contributed by atoms with Crippen molar-refractivity contribution in [3.63, 3.8) is 0 Å². The summed E-state index contributed by atoms with van der Waals surface area (Å²) in [4.78, 5) is 12.3. The van der Waals surface area contributed by atoms with Gasteiger partial charge in [-0.3, -0.25) is 4.79 Å². The average molecular weight is 325 g/mol. The summed E-state index contributed by atoms with van der Waals surface area (Å²) in [6.07, 6.45) is 0. The Labute approximate surface area is 131 Å². The topological polar surface area (TPSA) is 41.1 Å². The molecule has 3 nitrogen and oxygen atoms in total. The molecule has 0 atom stereocenters. The largest absolute Gasteiger partial charge is 0.319 e. The molecule has 3 rings (SSSR count). The van der Waals surface area contributed by atoms with Gasteiger partial charge < -0.3 is 10.6 Å². The molecule has 2 aromatic carbocycles. The highest BCUT2D eigenvalue weighted by Gasteiger charge is 2.16. The Balaban J connectivity index is 1.87. The maximum atomic E-state index is 13.1. The predicted octanol–water partition coefficient (Wildman–Crippen LogP) is 3.99. The zero-order valence-corrected chi connectivity index (χ0v) is 12.4.